The van der Waals surface area contributed by atoms with Crippen LogP contribution in [0.25, 0.3) is 0 Å². The van der Waals surface area contributed by atoms with Gasteiger partial charge in [0.15, 0.2) is 0 Å². The molecule has 0 aromatic heterocycles. The largest absolute Gasteiger partial charge is 0.445 e. The summed E-state index contributed by atoms with van der Waals surface area (Å²) in [6.07, 6.45) is 3.87. The SMILES string of the molecule is C[C@]1(N)CC[C@H](CNC(=O)OCc2ccccc2)CC1. The molecule has 3 N–H and O–H groups in total. The first-order valence-corrected chi connectivity index (χ1v) is 7.29. The van der Waals surface area contributed by atoms with Crippen LogP contribution in [0.2, 0.25) is 0 Å². The Morgan fingerprint density at radius 1 is 1.35 bits per heavy atom. The first kappa shape index (κ1) is 14.9. The number of hydrogen-bond acceptors (Lipinski definition) is 3. The summed E-state index contributed by atoms with van der Waals surface area (Å²) in [6.45, 7) is 3.10. The summed E-state index contributed by atoms with van der Waals surface area (Å²) in [4.78, 5) is 11.6. The van der Waals surface area contributed by atoms with E-state index in [1.807, 2.05) is 30.3 Å². The molecule has 2 rings (SSSR count). The van der Waals surface area contributed by atoms with Gasteiger partial charge in [-0.2, -0.15) is 0 Å². The van der Waals surface area contributed by atoms with Crippen molar-refractivity contribution in [3.05, 3.63) is 35.9 Å². The lowest BCUT2D eigenvalue weighted by molar-refractivity contribution is 0.135. The van der Waals surface area contributed by atoms with Gasteiger partial charge in [0.1, 0.15) is 6.61 Å². The van der Waals surface area contributed by atoms with E-state index in [9.17, 15) is 4.79 Å². The average Bonchev–Trinajstić information content (AvgIpc) is 2.45. The molecule has 1 fully saturated rings. The van der Waals surface area contributed by atoms with Gasteiger partial charge in [-0.25, -0.2) is 4.79 Å². The zero-order valence-corrected chi connectivity index (χ0v) is 12.1. The van der Waals surface area contributed by atoms with Crippen LogP contribution in [-0.4, -0.2) is 18.2 Å². The maximum atomic E-state index is 11.6. The van der Waals surface area contributed by atoms with Crippen molar-refractivity contribution < 1.29 is 9.53 Å². The fourth-order valence-corrected chi connectivity index (χ4v) is 2.54. The predicted octanol–water partition coefficient (Wildman–Crippen LogP) is 2.82. The number of ether oxygens (including phenoxy) is 1. The van der Waals surface area contributed by atoms with Crippen LogP contribution in [0.1, 0.15) is 38.2 Å². The van der Waals surface area contributed by atoms with Gasteiger partial charge in [-0.1, -0.05) is 30.3 Å². The smallest absolute Gasteiger partial charge is 0.407 e. The molecule has 110 valence electrons. The van der Waals surface area contributed by atoms with Crippen LogP contribution in [0, 0.1) is 5.92 Å². The highest BCUT2D eigenvalue weighted by atomic mass is 16.5. The molecule has 1 aromatic rings. The topological polar surface area (TPSA) is 64.3 Å². The molecular weight excluding hydrogens is 252 g/mol. The number of amides is 1. The Morgan fingerprint density at radius 3 is 2.65 bits per heavy atom. The normalized spacial score (nSPS) is 26.0. The summed E-state index contributed by atoms with van der Waals surface area (Å²) in [5, 5.41) is 2.85. The molecule has 0 bridgehead atoms. The van der Waals surface area contributed by atoms with E-state index in [0.29, 0.717) is 19.1 Å². The first-order valence-electron chi connectivity index (χ1n) is 7.29. The Morgan fingerprint density at radius 2 is 2.00 bits per heavy atom. The number of hydrogen-bond donors (Lipinski definition) is 2. The molecule has 1 amide bonds. The van der Waals surface area contributed by atoms with E-state index in [1.54, 1.807) is 0 Å². The van der Waals surface area contributed by atoms with Crippen molar-refractivity contribution in [1.29, 1.82) is 0 Å². The number of rotatable bonds is 4. The Labute approximate surface area is 120 Å². The summed E-state index contributed by atoms with van der Waals surface area (Å²) >= 11 is 0. The second kappa shape index (κ2) is 6.75. The molecule has 0 radical (unpaired) electrons. The lowest BCUT2D eigenvalue weighted by Gasteiger charge is -2.34. The molecule has 0 heterocycles. The third-order valence-electron chi connectivity index (χ3n) is 4.00. The molecule has 0 atom stereocenters. The molecule has 0 aliphatic heterocycles. The maximum Gasteiger partial charge on any atom is 0.407 e. The Kier molecular flexibility index (Phi) is 5.01. The van der Waals surface area contributed by atoms with Crippen molar-refractivity contribution in [3.63, 3.8) is 0 Å². The van der Waals surface area contributed by atoms with Crippen molar-refractivity contribution in [2.75, 3.05) is 6.54 Å². The van der Waals surface area contributed by atoms with Crippen LogP contribution >= 0.6 is 0 Å². The highest BCUT2D eigenvalue weighted by Gasteiger charge is 2.27. The number of carbonyl (C=O) groups excluding carboxylic acids is 1. The molecule has 1 aliphatic rings. The fourth-order valence-electron chi connectivity index (χ4n) is 2.54. The number of benzene rings is 1. The molecule has 1 aromatic carbocycles. The van der Waals surface area contributed by atoms with E-state index in [1.165, 1.54) is 0 Å². The molecule has 1 saturated carbocycles. The van der Waals surface area contributed by atoms with Gasteiger partial charge in [-0.3, -0.25) is 0 Å². The second-order valence-corrected chi connectivity index (χ2v) is 6.04. The van der Waals surface area contributed by atoms with Gasteiger partial charge < -0.3 is 15.8 Å². The Bertz CT molecular complexity index is 421. The number of alkyl carbamates (subject to hydrolysis) is 1. The van der Waals surface area contributed by atoms with Crippen molar-refractivity contribution in [2.24, 2.45) is 11.7 Å². The zero-order chi connectivity index (χ0) is 14.4. The summed E-state index contributed by atoms with van der Waals surface area (Å²) < 4.78 is 5.19. The van der Waals surface area contributed by atoms with Gasteiger partial charge in [0.05, 0.1) is 0 Å². The van der Waals surface area contributed by atoms with E-state index in [4.69, 9.17) is 10.5 Å². The molecule has 0 spiro atoms. The lowest BCUT2D eigenvalue weighted by atomic mass is 9.78. The monoisotopic (exact) mass is 276 g/mol. The van der Waals surface area contributed by atoms with E-state index in [0.717, 1.165) is 31.2 Å². The Balaban J connectivity index is 1.63. The second-order valence-electron chi connectivity index (χ2n) is 6.04. The number of nitrogens with two attached hydrogens (primary N) is 1. The highest BCUT2D eigenvalue weighted by Crippen LogP contribution is 2.29. The minimum atomic E-state index is -0.338. The summed E-state index contributed by atoms with van der Waals surface area (Å²) in [6, 6.07) is 9.69. The predicted molar refractivity (Wildman–Crippen MR) is 79.2 cm³/mol. The van der Waals surface area contributed by atoms with Gasteiger partial charge in [0.2, 0.25) is 0 Å². The molecule has 0 unspecified atom stereocenters. The van der Waals surface area contributed by atoms with E-state index in [2.05, 4.69) is 12.2 Å². The van der Waals surface area contributed by atoms with Crippen LogP contribution in [0.5, 0.6) is 0 Å². The fraction of sp³-hybridized carbons (Fsp3) is 0.562. The standard InChI is InChI=1S/C16H24N2O2/c1-16(17)9-7-13(8-10-16)11-18-15(19)20-12-14-5-3-2-4-6-14/h2-6,13H,7-12,17H2,1H3,(H,18,19)/t13-,16-. The average molecular weight is 276 g/mol. The highest BCUT2D eigenvalue weighted by molar-refractivity contribution is 5.67. The molecule has 1 aliphatic carbocycles. The molecule has 20 heavy (non-hydrogen) atoms. The van der Waals surface area contributed by atoms with Crippen LogP contribution in [0.3, 0.4) is 0 Å². The van der Waals surface area contributed by atoms with Crippen LogP contribution in [-0.2, 0) is 11.3 Å². The third kappa shape index (κ3) is 4.85. The van der Waals surface area contributed by atoms with Gasteiger partial charge in [0, 0.05) is 12.1 Å². The quantitative estimate of drug-likeness (QED) is 0.888. The molecular formula is C16H24N2O2. The van der Waals surface area contributed by atoms with Crippen molar-refractivity contribution in [1.82, 2.24) is 5.32 Å². The number of nitrogens with one attached hydrogen (secondary N) is 1. The maximum absolute atomic E-state index is 11.6. The van der Waals surface area contributed by atoms with Crippen LogP contribution in [0.15, 0.2) is 30.3 Å². The van der Waals surface area contributed by atoms with Crippen molar-refractivity contribution in [2.45, 2.75) is 44.8 Å². The van der Waals surface area contributed by atoms with Gasteiger partial charge >= 0.3 is 6.09 Å². The van der Waals surface area contributed by atoms with Crippen molar-refractivity contribution in [3.8, 4) is 0 Å². The molecule has 0 saturated heterocycles. The van der Waals surface area contributed by atoms with Gasteiger partial charge in [-0.15, -0.1) is 0 Å². The van der Waals surface area contributed by atoms with Gasteiger partial charge in [0.25, 0.3) is 0 Å². The van der Waals surface area contributed by atoms with E-state index in [-0.39, 0.29) is 11.6 Å². The third-order valence-corrected chi connectivity index (χ3v) is 4.00. The summed E-state index contributed by atoms with van der Waals surface area (Å²) in [7, 11) is 0. The van der Waals surface area contributed by atoms with Crippen molar-refractivity contribution >= 4 is 6.09 Å². The van der Waals surface area contributed by atoms with E-state index >= 15 is 0 Å². The summed E-state index contributed by atoms with van der Waals surface area (Å²) in [5.41, 5.74) is 7.07. The Hall–Kier alpha value is -1.55. The van der Waals surface area contributed by atoms with E-state index < -0.39 is 0 Å². The summed E-state index contributed by atoms with van der Waals surface area (Å²) in [5.74, 6) is 0.524. The first-order chi connectivity index (χ1) is 9.55. The number of carbonyl (C=O) groups is 1. The van der Waals surface area contributed by atoms with Gasteiger partial charge in [-0.05, 0) is 44.1 Å². The van der Waals surface area contributed by atoms with Crippen LogP contribution < -0.4 is 11.1 Å². The minimum absolute atomic E-state index is 0.0235. The molecule has 4 heteroatoms. The van der Waals surface area contributed by atoms with Crippen LogP contribution in [0.4, 0.5) is 4.79 Å². The zero-order valence-electron chi connectivity index (χ0n) is 12.1. The minimum Gasteiger partial charge on any atom is -0.445 e. The lowest BCUT2D eigenvalue weighted by Crippen LogP contribution is -2.42. The molecule has 4 nitrogen and oxygen atoms in total.